The first-order chi connectivity index (χ1) is 7.24. The number of hydrogen-bond donors (Lipinski definition) is 2. The maximum Gasteiger partial charge on any atom is 0.221 e. The molecule has 1 aromatic carbocycles. The van der Waals surface area contributed by atoms with Gasteiger partial charge in [-0.2, -0.15) is 0 Å². The monoisotopic (exact) mass is 204 g/mol. The van der Waals surface area contributed by atoms with Crippen molar-refractivity contribution in [3.8, 4) is 0 Å². The normalized spacial score (nSPS) is 14.7. The first-order valence-corrected chi connectivity index (χ1v) is 5.35. The van der Waals surface area contributed by atoms with Crippen LogP contribution in [0, 0.1) is 5.92 Å². The lowest BCUT2D eigenvalue weighted by Crippen LogP contribution is -2.06. The second-order valence-corrected chi connectivity index (χ2v) is 4.08. The van der Waals surface area contributed by atoms with Gasteiger partial charge in [0.1, 0.15) is 0 Å². The van der Waals surface area contributed by atoms with Gasteiger partial charge in [0, 0.05) is 24.8 Å². The largest absolute Gasteiger partial charge is 0.385 e. The molecule has 0 radical (unpaired) electrons. The highest BCUT2D eigenvalue weighted by molar-refractivity contribution is 5.88. The lowest BCUT2D eigenvalue weighted by atomic mass is 10.2. The number of nitrogens with one attached hydrogen (secondary N) is 2. The Morgan fingerprint density at radius 3 is 2.40 bits per heavy atom. The molecule has 0 unspecified atom stereocenters. The van der Waals surface area contributed by atoms with E-state index in [-0.39, 0.29) is 5.91 Å². The Balaban J connectivity index is 1.87. The van der Waals surface area contributed by atoms with Gasteiger partial charge < -0.3 is 10.6 Å². The minimum Gasteiger partial charge on any atom is -0.385 e. The Hall–Kier alpha value is -1.51. The Bertz CT molecular complexity index is 341. The molecular weight excluding hydrogens is 188 g/mol. The molecule has 1 aromatic rings. The van der Waals surface area contributed by atoms with E-state index in [0.717, 1.165) is 23.8 Å². The molecule has 1 amide bonds. The highest BCUT2D eigenvalue weighted by Gasteiger charge is 2.20. The van der Waals surface area contributed by atoms with Crippen LogP contribution >= 0.6 is 0 Å². The third kappa shape index (κ3) is 3.27. The van der Waals surface area contributed by atoms with Crippen LogP contribution in [0.4, 0.5) is 11.4 Å². The van der Waals surface area contributed by atoms with Crippen molar-refractivity contribution in [3.63, 3.8) is 0 Å². The number of amides is 1. The van der Waals surface area contributed by atoms with E-state index in [4.69, 9.17) is 0 Å². The Morgan fingerprint density at radius 2 is 1.87 bits per heavy atom. The van der Waals surface area contributed by atoms with E-state index < -0.39 is 0 Å². The van der Waals surface area contributed by atoms with Crippen molar-refractivity contribution in [2.45, 2.75) is 19.8 Å². The standard InChI is InChI=1S/C12H16N2O/c1-9(15)14-12-6-4-11(5-7-12)13-8-10-2-3-10/h4-7,10,13H,2-3,8H2,1H3,(H,14,15). The zero-order valence-electron chi connectivity index (χ0n) is 8.92. The smallest absolute Gasteiger partial charge is 0.221 e. The minimum atomic E-state index is -0.0336. The van der Waals surface area contributed by atoms with Crippen molar-refractivity contribution in [1.82, 2.24) is 0 Å². The average molecular weight is 204 g/mol. The summed E-state index contributed by atoms with van der Waals surface area (Å²) in [6.07, 6.45) is 2.72. The van der Waals surface area contributed by atoms with E-state index >= 15 is 0 Å². The average Bonchev–Trinajstić information content (AvgIpc) is 2.99. The summed E-state index contributed by atoms with van der Waals surface area (Å²) in [4.78, 5) is 10.8. The van der Waals surface area contributed by atoms with Gasteiger partial charge in [-0.15, -0.1) is 0 Å². The highest BCUT2D eigenvalue weighted by Crippen LogP contribution is 2.29. The summed E-state index contributed by atoms with van der Waals surface area (Å²) in [6.45, 7) is 2.58. The third-order valence-corrected chi connectivity index (χ3v) is 2.50. The molecule has 0 atom stereocenters. The van der Waals surface area contributed by atoms with Gasteiger partial charge in [0.15, 0.2) is 0 Å². The first-order valence-electron chi connectivity index (χ1n) is 5.35. The molecule has 3 nitrogen and oxygen atoms in total. The van der Waals surface area contributed by atoms with Crippen LogP contribution in [0.5, 0.6) is 0 Å². The number of rotatable bonds is 4. The molecule has 0 saturated heterocycles. The van der Waals surface area contributed by atoms with E-state index in [0.29, 0.717) is 0 Å². The SMILES string of the molecule is CC(=O)Nc1ccc(NCC2CC2)cc1. The molecule has 1 aliphatic carbocycles. The second kappa shape index (κ2) is 4.34. The van der Waals surface area contributed by atoms with Gasteiger partial charge in [0.25, 0.3) is 0 Å². The van der Waals surface area contributed by atoms with Crippen molar-refractivity contribution in [1.29, 1.82) is 0 Å². The van der Waals surface area contributed by atoms with Crippen molar-refractivity contribution in [2.24, 2.45) is 5.92 Å². The molecule has 1 saturated carbocycles. The van der Waals surface area contributed by atoms with E-state index in [1.807, 2.05) is 24.3 Å². The van der Waals surface area contributed by atoms with Gasteiger partial charge in [0.2, 0.25) is 5.91 Å². The molecule has 3 heteroatoms. The van der Waals surface area contributed by atoms with Gasteiger partial charge in [-0.3, -0.25) is 4.79 Å². The fourth-order valence-electron chi connectivity index (χ4n) is 1.46. The van der Waals surface area contributed by atoms with E-state index in [1.165, 1.54) is 19.8 Å². The first kappa shape index (κ1) is 10.0. The molecular formula is C12H16N2O. The zero-order chi connectivity index (χ0) is 10.7. The summed E-state index contributed by atoms with van der Waals surface area (Å²) < 4.78 is 0. The van der Waals surface area contributed by atoms with Crippen molar-refractivity contribution >= 4 is 17.3 Å². The summed E-state index contributed by atoms with van der Waals surface area (Å²) in [5, 5.41) is 6.12. The fraction of sp³-hybridized carbons (Fsp3) is 0.417. The van der Waals surface area contributed by atoms with Crippen molar-refractivity contribution in [2.75, 3.05) is 17.2 Å². The van der Waals surface area contributed by atoms with Crippen LogP contribution in [0.15, 0.2) is 24.3 Å². The van der Waals surface area contributed by atoms with Crippen LogP contribution in [0.2, 0.25) is 0 Å². The topological polar surface area (TPSA) is 41.1 Å². The zero-order valence-corrected chi connectivity index (χ0v) is 8.92. The Morgan fingerprint density at radius 1 is 1.27 bits per heavy atom. The summed E-state index contributed by atoms with van der Waals surface area (Å²) in [6, 6.07) is 7.81. The summed E-state index contributed by atoms with van der Waals surface area (Å²) in [5.74, 6) is 0.841. The Labute approximate surface area is 89.9 Å². The Kier molecular flexibility index (Phi) is 2.90. The third-order valence-electron chi connectivity index (χ3n) is 2.50. The number of carbonyl (C=O) groups is 1. The van der Waals surface area contributed by atoms with E-state index in [9.17, 15) is 4.79 Å². The van der Waals surface area contributed by atoms with Gasteiger partial charge in [0.05, 0.1) is 0 Å². The van der Waals surface area contributed by atoms with E-state index in [1.54, 1.807) is 0 Å². The van der Waals surface area contributed by atoms with Crippen molar-refractivity contribution < 1.29 is 4.79 Å². The quantitative estimate of drug-likeness (QED) is 0.791. The van der Waals surface area contributed by atoms with Crippen LogP contribution in [0.3, 0.4) is 0 Å². The molecule has 0 heterocycles. The predicted molar refractivity (Wildman–Crippen MR) is 62.0 cm³/mol. The lowest BCUT2D eigenvalue weighted by molar-refractivity contribution is -0.114. The number of hydrogen-bond acceptors (Lipinski definition) is 2. The van der Waals surface area contributed by atoms with Crippen molar-refractivity contribution in [3.05, 3.63) is 24.3 Å². The number of anilines is 2. The predicted octanol–water partition coefficient (Wildman–Crippen LogP) is 2.47. The molecule has 0 aliphatic heterocycles. The number of benzene rings is 1. The van der Waals surface area contributed by atoms with Gasteiger partial charge in [-0.05, 0) is 43.0 Å². The summed E-state index contributed by atoms with van der Waals surface area (Å²) in [5.41, 5.74) is 1.97. The van der Waals surface area contributed by atoms with E-state index in [2.05, 4.69) is 10.6 Å². The molecule has 0 aromatic heterocycles. The van der Waals surface area contributed by atoms with Crippen LogP contribution in [-0.4, -0.2) is 12.5 Å². The van der Waals surface area contributed by atoms with Crippen LogP contribution in [0.1, 0.15) is 19.8 Å². The summed E-state index contributed by atoms with van der Waals surface area (Å²) in [7, 11) is 0. The molecule has 2 rings (SSSR count). The molecule has 80 valence electrons. The lowest BCUT2D eigenvalue weighted by Gasteiger charge is -2.06. The van der Waals surface area contributed by atoms with Gasteiger partial charge in [-0.25, -0.2) is 0 Å². The minimum absolute atomic E-state index is 0.0336. The fourth-order valence-corrected chi connectivity index (χ4v) is 1.46. The summed E-state index contributed by atoms with van der Waals surface area (Å²) >= 11 is 0. The maximum atomic E-state index is 10.8. The molecule has 2 N–H and O–H groups in total. The van der Waals surface area contributed by atoms with Crippen LogP contribution < -0.4 is 10.6 Å². The van der Waals surface area contributed by atoms with Crippen LogP contribution in [-0.2, 0) is 4.79 Å². The van der Waals surface area contributed by atoms with Gasteiger partial charge >= 0.3 is 0 Å². The van der Waals surface area contributed by atoms with Crippen LogP contribution in [0.25, 0.3) is 0 Å². The number of carbonyl (C=O) groups excluding carboxylic acids is 1. The molecule has 1 fully saturated rings. The highest BCUT2D eigenvalue weighted by atomic mass is 16.1. The molecule has 15 heavy (non-hydrogen) atoms. The second-order valence-electron chi connectivity index (χ2n) is 4.08. The molecule has 0 bridgehead atoms. The van der Waals surface area contributed by atoms with Gasteiger partial charge in [-0.1, -0.05) is 0 Å². The molecule has 1 aliphatic rings. The molecule has 0 spiro atoms. The maximum absolute atomic E-state index is 10.8.